The Kier molecular flexibility index (Phi) is 2.80. The van der Waals surface area contributed by atoms with E-state index in [1.807, 2.05) is 19.1 Å². The van der Waals surface area contributed by atoms with Gasteiger partial charge in [0.1, 0.15) is 5.75 Å². The van der Waals surface area contributed by atoms with Gasteiger partial charge in [-0.3, -0.25) is 0 Å². The number of nitrogens with zero attached hydrogens (tertiary/aromatic N) is 1. The molecule has 0 radical (unpaired) electrons. The molecule has 0 heterocycles. The summed E-state index contributed by atoms with van der Waals surface area (Å²) in [5.74, 6) is 0.284. The summed E-state index contributed by atoms with van der Waals surface area (Å²) >= 11 is 0. The second kappa shape index (κ2) is 4.11. The molecule has 0 aromatic heterocycles. The second-order valence-corrected chi connectivity index (χ2v) is 4.44. The first kappa shape index (κ1) is 10.9. The SMILES string of the molecule is Cc1cc(C2(N=C=O)CCCC2)ccc1O. The Hall–Kier alpha value is -1.60. The lowest BCUT2D eigenvalue weighted by molar-refractivity contribution is 0.449. The van der Waals surface area contributed by atoms with Gasteiger partial charge in [-0.05, 0) is 43.0 Å². The van der Waals surface area contributed by atoms with Gasteiger partial charge in [-0.25, -0.2) is 4.79 Å². The largest absolute Gasteiger partial charge is 0.508 e. The maximum Gasteiger partial charge on any atom is 0.235 e. The first-order valence-electron chi connectivity index (χ1n) is 5.57. The molecule has 1 saturated carbocycles. The molecular formula is C13H15NO2. The minimum atomic E-state index is -0.389. The van der Waals surface area contributed by atoms with Crippen LogP contribution >= 0.6 is 0 Å². The molecule has 0 aliphatic heterocycles. The first-order valence-corrected chi connectivity index (χ1v) is 5.57. The molecule has 84 valence electrons. The van der Waals surface area contributed by atoms with E-state index in [9.17, 15) is 9.90 Å². The zero-order valence-corrected chi connectivity index (χ0v) is 9.36. The normalized spacial score (nSPS) is 18.1. The van der Waals surface area contributed by atoms with Crippen LogP contribution in [-0.4, -0.2) is 11.2 Å². The van der Waals surface area contributed by atoms with E-state index in [0.29, 0.717) is 0 Å². The molecule has 1 aromatic carbocycles. The number of benzene rings is 1. The molecule has 2 rings (SSSR count). The van der Waals surface area contributed by atoms with Crippen molar-refractivity contribution in [2.24, 2.45) is 4.99 Å². The quantitative estimate of drug-likeness (QED) is 0.611. The Balaban J connectivity index is 2.47. The van der Waals surface area contributed by atoms with Crippen molar-refractivity contribution in [1.82, 2.24) is 0 Å². The molecule has 1 N–H and O–H groups in total. The highest BCUT2D eigenvalue weighted by Crippen LogP contribution is 2.42. The Morgan fingerprint density at radius 1 is 1.38 bits per heavy atom. The highest BCUT2D eigenvalue weighted by atomic mass is 16.3. The van der Waals surface area contributed by atoms with E-state index >= 15 is 0 Å². The van der Waals surface area contributed by atoms with E-state index in [2.05, 4.69) is 4.99 Å². The van der Waals surface area contributed by atoms with Gasteiger partial charge in [0.2, 0.25) is 6.08 Å². The maximum atomic E-state index is 10.6. The summed E-state index contributed by atoms with van der Waals surface area (Å²) in [5, 5.41) is 9.49. The first-order chi connectivity index (χ1) is 7.68. The smallest absolute Gasteiger partial charge is 0.235 e. The maximum absolute atomic E-state index is 10.6. The zero-order chi connectivity index (χ0) is 11.6. The molecular weight excluding hydrogens is 202 g/mol. The van der Waals surface area contributed by atoms with E-state index in [1.165, 1.54) is 0 Å². The molecule has 1 aliphatic rings. The lowest BCUT2D eigenvalue weighted by atomic mass is 9.88. The summed E-state index contributed by atoms with van der Waals surface area (Å²) in [6.07, 6.45) is 5.66. The molecule has 3 heteroatoms. The van der Waals surface area contributed by atoms with Crippen molar-refractivity contribution in [3.05, 3.63) is 29.3 Å². The van der Waals surface area contributed by atoms with Gasteiger partial charge in [-0.2, -0.15) is 4.99 Å². The Bertz CT molecular complexity index is 441. The van der Waals surface area contributed by atoms with Gasteiger partial charge in [-0.1, -0.05) is 18.9 Å². The molecule has 1 fully saturated rings. The molecule has 1 aliphatic carbocycles. The van der Waals surface area contributed by atoms with Crippen LogP contribution < -0.4 is 0 Å². The van der Waals surface area contributed by atoms with Crippen molar-refractivity contribution < 1.29 is 9.90 Å². The zero-order valence-electron chi connectivity index (χ0n) is 9.36. The van der Waals surface area contributed by atoms with Crippen molar-refractivity contribution in [3.8, 4) is 5.75 Å². The number of isocyanates is 1. The Labute approximate surface area is 94.8 Å². The van der Waals surface area contributed by atoms with Gasteiger partial charge >= 0.3 is 0 Å². The minimum Gasteiger partial charge on any atom is -0.508 e. The van der Waals surface area contributed by atoms with Crippen molar-refractivity contribution in [3.63, 3.8) is 0 Å². The second-order valence-electron chi connectivity index (χ2n) is 4.44. The standard InChI is InChI=1S/C13H15NO2/c1-10-8-11(4-5-12(10)16)13(14-9-15)6-2-3-7-13/h4-5,8,16H,2-3,6-7H2,1H3. The van der Waals surface area contributed by atoms with Crippen LogP contribution in [0.3, 0.4) is 0 Å². The number of aryl methyl sites for hydroxylation is 1. The van der Waals surface area contributed by atoms with Gasteiger partial charge in [0.05, 0.1) is 5.54 Å². The van der Waals surface area contributed by atoms with E-state index in [0.717, 1.165) is 36.8 Å². The van der Waals surface area contributed by atoms with E-state index < -0.39 is 0 Å². The fourth-order valence-electron chi connectivity index (χ4n) is 2.46. The van der Waals surface area contributed by atoms with Crippen LogP contribution in [0.2, 0.25) is 0 Å². The summed E-state index contributed by atoms with van der Waals surface area (Å²) in [5.41, 5.74) is 1.45. The topological polar surface area (TPSA) is 49.7 Å². The van der Waals surface area contributed by atoms with Gasteiger partial charge in [0, 0.05) is 0 Å². The lowest BCUT2D eigenvalue weighted by Crippen LogP contribution is -2.18. The van der Waals surface area contributed by atoms with Crippen LogP contribution in [0.5, 0.6) is 5.75 Å². The summed E-state index contributed by atoms with van der Waals surface area (Å²) in [6.45, 7) is 1.85. The molecule has 1 aromatic rings. The fraction of sp³-hybridized carbons (Fsp3) is 0.462. The summed E-state index contributed by atoms with van der Waals surface area (Å²) in [6, 6.07) is 5.45. The van der Waals surface area contributed by atoms with E-state index in [-0.39, 0.29) is 11.3 Å². The number of phenolic OH excluding ortho intramolecular Hbond substituents is 1. The van der Waals surface area contributed by atoms with Gasteiger partial charge in [0.25, 0.3) is 0 Å². The van der Waals surface area contributed by atoms with E-state index in [1.54, 1.807) is 12.1 Å². The van der Waals surface area contributed by atoms with Crippen LogP contribution in [0.1, 0.15) is 36.8 Å². The van der Waals surface area contributed by atoms with Gasteiger partial charge in [-0.15, -0.1) is 0 Å². The van der Waals surface area contributed by atoms with Crippen molar-refractivity contribution in [2.45, 2.75) is 38.1 Å². The molecule has 3 nitrogen and oxygen atoms in total. The van der Waals surface area contributed by atoms with Crippen molar-refractivity contribution >= 4 is 6.08 Å². The minimum absolute atomic E-state index is 0.284. The van der Waals surface area contributed by atoms with Crippen LogP contribution in [0.4, 0.5) is 0 Å². The molecule has 0 saturated heterocycles. The molecule has 0 bridgehead atoms. The third-order valence-corrected chi connectivity index (χ3v) is 3.42. The van der Waals surface area contributed by atoms with Crippen LogP contribution in [0, 0.1) is 6.92 Å². The third-order valence-electron chi connectivity index (χ3n) is 3.42. The van der Waals surface area contributed by atoms with Crippen molar-refractivity contribution in [1.29, 1.82) is 0 Å². The van der Waals surface area contributed by atoms with Crippen LogP contribution in [-0.2, 0) is 10.3 Å². The predicted molar refractivity (Wildman–Crippen MR) is 61.1 cm³/mol. The molecule has 0 spiro atoms. The summed E-state index contributed by atoms with van der Waals surface area (Å²) in [4.78, 5) is 14.6. The number of aromatic hydroxyl groups is 1. The highest BCUT2D eigenvalue weighted by molar-refractivity contribution is 5.42. The Morgan fingerprint density at radius 2 is 2.06 bits per heavy atom. The number of hydrogen-bond acceptors (Lipinski definition) is 3. The summed E-state index contributed by atoms with van der Waals surface area (Å²) < 4.78 is 0. The average molecular weight is 217 g/mol. The molecule has 0 unspecified atom stereocenters. The van der Waals surface area contributed by atoms with Crippen molar-refractivity contribution in [2.75, 3.05) is 0 Å². The third kappa shape index (κ3) is 1.74. The van der Waals surface area contributed by atoms with E-state index in [4.69, 9.17) is 0 Å². The highest BCUT2D eigenvalue weighted by Gasteiger charge is 2.35. The molecule has 0 amide bonds. The predicted octanol–water partition coefficient (Wildman–Crippen LogP) is 2.81. The number of rotatable bonds is 2. The Morgan fingerprint density at radius 3 is 2.62 bits per heavy atom. The number of hydrogen-bond donors (Lipinski definition) is 1. The molecule has 16 heavy (non-hydrogen) atoms. The van der Waals surface area contributed by atoms with Gasteiger partial charge in [0.15, 0.2) is 0 Å². The van der Waals surface area contributed by atoms with Gasteiger partial charge < -0.3 is 5.11 Å². The number of carbonyl (C=O) groups excluding carboxylic acids is 1. The lowest BCUT2D eigenvalue weighted by Gasteiger charge is -2.23. The van der Waals surface area contributed by atoms with Crippen LogP contribution in [0.25, 0.3) is 0 Å². The monoisotopic (exact) mass is 217 g/mol. The summed E-state index contributed by atoms with van der Waals surface area (Å²) in [7, 11) is 0. The fourth-order valence-corrected chi connectivity index (χ4v) is 2.46. The molecule has 0 atom stereocenters. The number of aliphatic imine (C=N–C) groups is 1. The van der Waals surface area contributed by atoms with Crippen LogP contribution in [0.15, 0.2) is 23.2 Å². The average Bonchev–Trinajstić information content (AvgIpc) is 2.72. The number of phenols is 1.